The third-order valence-electron chi connectivity index (χ3n) is 2.73. The molecule has 3 heterocycles. The van der Waals surface area contributed by atoms with Gasteiger partial charge in [0.15, 0.2) is 5.78 Å². The quantitative estimate of drug-likeness (QED) is 0.513. The van der Waals surface area contributed by atoms with Crippen molar-refractivity contribution in [3.05, 3.63) is 46.0 Å². The van der Waals surface area contributed by atoms with Crippen molar-refractivity contribution in [2.75, 3.05) is 5.75 Å². The molecule has 0 spiro atoms. The number of nitrogens with zero attached hydrogens (tertiary/aromatic N) is 4. The summed E-state index contributed by atoms with van der Waals surface area (Å²) in [4.78, 5) is 14.0. The number of carbonyl (C=O) groups is 1. The number of carbonyl (C=O) groups excluding carboxylic acids is 1. The van der Waals surface area contributed by atoms with Gasteiger partial charge in [0.1, 0.15) is 12.3 Å². The first-order valence-corrected chi connectivity index (χ1v) is 8.03. The maximum atomic E-state index is 12.1. The molecule has 6 nitrogen and oxygen atoms in total. The van der Waals surface area contributed by atoms with Gasteiger partial charge in [0.2, 0.25) is 5.16 Å². The van der Waals surface area contributed by atoms with E-state index < -0.39 is 0 Å². The zero-order chi connectivity index (χ0) is 14.7. The maximum Gasteiger partial charge on any atom is 0.210 e. The molecule has 3 aromatic rings. The number of ketones is 1. The molecular formula is C13H12N4O2S2. The van der Waals surface area contributed by atoms with E-state index in [-0.39, 0.29) is 5.78 Å². The second-order valence-corrected chi connectivity index (χ2v) is 6.55. The largest absolute Gasteiger partial charge is 0.467 e. The number of aromatic nitrogens is 4. The Morgan fingerprint density at radius 3 is 3.05 bits per heavy atom. The number of rotatable bonds is 6. The van der Waals surface area contributed by atoms with Crippen molar-refractivity contribution >= 4 is 28.9 Å². The number of thioether (sulfide) groups is 1. The van der Waals surface area contributed by atoms with Crippen molar-refractivity contribution in [1.29, 1.82) is 0 Å². The van der Waals surface area contributed by atoms with Crippen molar-refractivity contribution in [2.24, 2.45) is 0 Å². The lowest BCUT2D eigenvalue weighted by atomic mass is 10.3. The highest BCUT2D eigenvalue weighted by molar-refractivity contribution is 7.99. The minimum atomic E-state index is 0.0886. The van der Waals surface area contributed by atoms with Crippen LogP contribution in [0, 0.1) is 6.92 Å². The van der Waals surface area contributed by atoms with E-state index in [0.29, 0.717) is 17.5 Å². The Bertz CT molecular complexity index is 733. The molecule has 0 amide bonds. The second kappa shape index (κ2) is 6.23. The predicted octanol–water partition coefficient (Wildman–Crippen LogP) is 2.66. The van der Waals surface area contributed by atoms with E-state index in [1.807, 2.05) is 31.2 Å². The molecule has 0 unspecified atom stereocenters. The van der Waals surface area contributed by atoms with E-state index in [2.05, 4.69) is 15.5 Å². The summed E-state index contributed by atoms with van der Waals surface area (Å²) in [5.41, 5.74) is 0. The summed E-state index contributed by atoms with van der Waals surface area (Å²) in [5, 5.41) is 12.1. The number of Topliss-reactive ketones (excluding diaryl/α,β-unsaturated/α-hetero) is 1. The number of furan rings is 1. The van der Waals surface area contributed by atoms with Gasteiger partial charge in [0.25, 0.3) is 0 Å². The van der Waals surface area contributed by atoms with E-state index in [4.69, 9.17) is 4.42 Å². The number of hydrogen-bond acceptors (Lipinski definition) is 7. The highest BCUT2D eigenvalue weighted by atomic mass is 32.2. The molecule has 0 N–H and O–H groups in total. The van der Waals surface area contributed by atoms with Gasteiger partial charge in [0.05, 0.1) is 16.9 Å². The fourth-order valence-electron chi connectivity index (χ4n) is 1.73. The fourth-order valence-corrected chi connectivity index (χ4v) is 3.39. The Morgan fingerprint density at radius 2 is 2.33 bits per heavy atom. The summed E-state index contributed by atoms with van der Waals surface area (Å²) in [6.45, 7) is 2.44. The van der Waals surface area contributed by atoms with Gasteiger partial charge < -0.3 is 4.42 Å². The average Bonchev–Trinajstić information content (AvgIpc) is 3.19. The lowest BCUT2D eigenvalue weighted by Crippen LogP contribution is -2.05. The molecule has 3 rings (SSSR count). The molecule has 0 aliphatic heterocycles. The van der Waals surface area contributed by atoms with Crippen LogP contribution in [0.5, 0.6) is 0 Å². The van der Waals surface area contributed by atoms with Crippen LogP contribution in [0.15, 0.2) is 40.1 Å². The molecule has 3 aromatic heterocycles. The van der Waals surface area contributed by atoms with E-state index in [1.54, 1.807) is 10.9 Å². The number of hydrogen-bond donors (Lipinski definition) is 0. The van der Waals surface area contributed by atoms with Gasteiger partial charge in [0, 0.05) is 4.88 Å². The Hall–Kier alpha value is -1.93. The van der Waals surface area contributed by atoms with Crippen LogP contribution in [0.2, 0.25) is 0 Å². The van der Waals surface area contributed by atoms with Crippen molar-refractivity contribution in [1.82, 2.24) is 20.2 Å². The Labute approximate surface area is 129 Å². The molecule has 8 heteroatoms. The summed E-state index contributed by atoms with van der Waals surface area (Å²) in [5.74, 6) is 1.17. The molecule has 0 saturated carbocycles. The van der Waals surface area contributed by atoms with Gasteiger partial charge in [-0.15, -0.1) is 16.4 Å². The summed E-state index contributed by atoms with van der Waals surface area (Å²) < 4.78 is 6.89. The van der Waals surface area contributed by atoms with Crippen LogP contribution >= 0.6 is 23.1 Å². The van der Waals surface area contributed by atoms with Gasteiger partial charge in [-0.2, -0.15) is 0 Å². The summed E-state index contributed by atoms with van der Waals surface area (Å²) in [6, 6.07) is 7.48. The Morgan fingerprint density at radius 1 is 1.43 bits per heavy atom. The van der Waals surface area contributed by atoms with Crippen LogP contribution in [0.3, 0.4) is 0 Å². The van der Waals surface area contributed by atoms with Crippen molar-refractivity contribution in [3.63, 3.8) is 0 Å². The zero-order valence-electron chi connectivity index (χ0n) is 11.2. The third kappa shape index (κ3) is 3.40. The maximum absolute atomic E-state index is 12.1. The molecule has 0 bridgehead atoms. The van der Waals surface area contributed by atoms with Crippen LogP contribution in [-0.2, 0) is 6.54 Å². The monoisotopic (exact) mass is 320 g/mol. The van der Waals surface area contributed by atoms with Gasteiger partial charge >= 0.3 is 0 Å². The summed E-state index contributed by atoms with van der Waals surface area (Å²) in [6.07, 6.45) is 1.61. The molecule has 0 saturated heterocycles. The average molecular weight is 320 g/mol. The number of tetrazole rings is 1. The standard InChI is InChI=1S/C13H12N4O2S2/c1-9-4-5-12(21-9)11(18)8-20-13-14-15-16-17(13)7-10-3-2-6-19-10/h2-6H,7-8H2,1H3. The van der Waals surface area contributed by atoms with Gasteiger partial charge in [-0.3, -0.25) is 4.79 Å². The minimum absolute atomic E-state index is 0.0886. The van der Waals surface area contributed by atoms with E-state index >= 15 is 0 Å². The molecule has 0 fully saturated rings. The lowest BCUT2D eigenvalue weighted by molar-refractivity contribution is 0.102. The molecule has 108 valence electrons. The van der Waals surface area contributed by atoms with Gasteiger partial charge in [-0.25, -0.2) is 4.68 Å². The SMILES string of the molecule is Cc1ccc(C(=O)CSc2nnnn2Cc2ccco2)s1. The fraction of sp³-hybridized carbons (Fsp3) is 0.231. The molecule has 0 radical (unpaired) electrons. The molecule has 21 heavy (non-hydrogen) atoms. The smallest absolute Gasteiger partial charge is 0.210 e. The van der Waals surface area contributed by atoms with Crippen molar-refractivity contribution < 1.29 is 9.21 Å². The highest BCUT2D eigenvalue weighted by Crippen LogP contribution is 2.21. The molecule has 0 aromatic carbocycles. The first kappa shape index (κ1) is 14.0. The molecule has 0 aliphatic rings. The Balaban J connectivity index is 1.63. The van der Waals surface area contributed by atoms with E-state index in [1.165, 1.54) is 23.1 Å². The number of aryl methyl sites for hydroxylation is 1. The van der Waals surface area contributed by atoms with Crippen LogP contribution in [0.4, 0.5) is 0 Å². The van der Waals surface area contributed by atoms with E-state index in [9.17, 15) is 4.79 Å². The molecular weight excluding hydrogens is 308 g/mol. The molecule has 0 atom stereocenters. The summed E-state index contributed by atoms with van der Waals surface area (Å²) >= 11 is 2.83. The van der Waals surface area contributed by atoms with Crippen molar-refractivity contribution in [2.45, 2.75) is 18.6 Å². The van der Waals surface area contributed by atoms with Crippen LogP contribution in [0.1, 0.15) is 20.3 Å². The number of thiophene rings is 1. The molecule has 0 aliphatic carbocycles. The van der Waals surface area contributed by atoms with Gasteiger partial charge in [-0.1, -0.05) is 11.8 Å². The first-order valence-electron chi connectivity index (χ1n) is 6.23. The zero-order valence-corrected chi connectivity index (χ0v) is 12.9. The van der Waals surface area contributed by atoms with Crippen LogP contribution in [0.25, 0.3) is 0 Å². The first-order chi connectivity index (χ1) is 10.2. The topological polar surface area (TPSA) is 73.8 Å². The predicted molar refractivity (Wildman–Crippen MR) is 79.7 cm³/mol. The lowest BCUT2D eigenvalue weighted by Gasteiger charge is -2.01. The highest BCUT2D eigenvalue weighted by Gasteiger charge is 2.13. The van der Waals surface area contributed by atoms with Crippen LogP contribution < -0.4 is 0 Å². The second-order valence-electron chi connectivity index (χ2n) is 4.32. The van der Waals surface area contributed by atoms with Crippen LogP contribution in [-0.4, -0.2) is 31.7 Å². The van der Waals surface area contributed by atoms with Crippen molar-refractivity contribution in [3.8, 4) is 0 Å². The van der Waals surface area contributed by atoms with Gasteiger partial charge in [-0.05, 0) is 41.6 Å². The third-order valence-corrected chi connectivity index (χ3v) is 4.73. The minimum Gasteiger partial charge on any atom is -0.467 e. The summed E-state index contributed by atoms with van der Waals surface area (Å²) in [7, 11) is 0. The normalized spacial score (nSPS) is 10.9. The van der Waals surface area contributed by atoms with E-state index in [0.717, 1.165) is 15.5 Å². The Kier molecular flexibility index (Phi) is 4.16.